The van der Waals surface area contributed by atoms with Crippen LogP contribution in [0.5, 0.6) is 0 Å². The third-order valence-electron chi connectivity index (χ3n) is 2.50. The Balaban J connectivity index is 3.15. The third kappa shape index (κ3) is 3.03. The van der Waals surface area contributed by atoms with Crippen LogP contribution in [-0.4, -0.2) is 25.8 Å². The first-order valence-electron chi connectivity index (χ1n) is 5.62. The number of hydrogen-bond acceptors (Lipinski definition) is 3. The van der Waals surface area contributed by atoms with E-state index >= 15 is 0 Å². The molecule has 0 bridgehead atoms. The van der Waals surface area contributed by atoms with Crippen LogP contribution in [-0.2, 0) is 15.9 Å². The summed E-state index contributed by atoms with van der Waals surface area (Å²) in [7, 11) is -3.45. The molecule has 0 saturated carbocycles. The summed E-state index contributed by atoms with van der Waals surface area (Å²) in [6.07, 6.45) is 0.784. The highest BCUT2D eigenvalue weighted by atomic mass is 35.5. The van der Waals surface area contributed by atoms with Crippen molar-refractivity contribution in [1.82, 2.24) is 4.31 Å². The van der Waals surface area contributed by atoms with Crippen LogP contribution in [0, 0.1) is 6.92 Å². The average molecular weight is 280 g/mol. The SMILES string of the molecule is CCCN(CC)S(=O)(=O)c1cc(CCl)oc1C. The molecule has 0 N–H and O–H groups in total. The number of sulfonamides is 1. The van der Waals surface area contributed by atoms with Crippen molar-refractivity contribution in [3.63, 3.8) is 0 Å². The van der Waals surface area contributed by atoms with Crippen molar-refractivity contribution in [3.05, 3.63) is 17.6 Å². The smallest absolute Gasteiger partial charge is 0.246 e. The average Bonchev–Trinajstić information content (AvgIpc) is 2.67. The highest BCUT2D eigenvalue weighted by Crippen LogP contribution is 2.24. The van der Waals surface area contributed by atoms with Crippen LogP contribution in [0.25, 0.3) is 0 Å². The maximum atomic E-state index is 12.3. The number of hydrogen-bond donors (Lipinski definition) is 0. The lowest BCUT2D eigenvalue weighted by atomic mass is 10.4. The van der Waals surface area contributed by atoms with Crippen LogP contribution < -0.4 is 0 Å². The van der Waals surface area contributed by atoms with Gasteiger partial charge in [0.05, 0.1) is 5.88 Å². The van der Waals surface area contributed by atoms with Crippen LogP contribution in [0.3, 0.4) is 0 Å². The second-order valence-corrected chi connectivity index (χ2v) is 5.94. The summed E-state index contributed by atoms with van der Waals surface area (Å²) in [4.78, 5) is 0.225. The minimum atomic E-state index is -3.45. The highest BCUT2D eigenvalue weighted by molar-refractivity contribution is 7.89. The van der Waals surface area contributed by atoms with Gasteiger partial charge in [0.25, 0.3) is 0 Å². The van der Waals surface area contributed by atoms with E-state index in [1.807, 2.05) is 13.8 Å². The zero-order valence-electron chi connectivity index (χ0n) is 10.4. The topological polar surface area (TPSA) is 50.5 Å². The fourth-order valence-corrected chi connectivity index (χ4v) is 3.54. The summed E-state index contributed by atoms with van der Waals surface area (Å²) in [6.45, 7) is 6.38. The fourth-order valence-electron chi connectivity index (χ4n) is 1.68. The zero-order valence-corrected chi connectivity index (χ0v) is 11.9. The van der Waals surface area contributed by atoms with Crippen molar-refractivity contribution in [1.29, 1.82) is 0 Å². The van der Waals surface area contributed by atoms with E-state index in [1.54, 1.807) is 6.92 Å². The molecule has 1 rings (SSSR count). The minimum Gasteiger partial charge on any atom is -0.464 e. The quantitative estimate of drug-likeness (QED) is 0.753. The Morgan fingerprint density at radius 3 is 2.47 bits per heavy atom. The summed E-state index contributed by atoms with van der Waals surface area (Å²) < 4.78 is 31.4. The van der Waals surface area contributed by atoms with Gasteiger partial charge in [-0.05, 0) is 13.3 Å². The highest BCUT2D eigenvalue weighted by Gasteiger charge is 2.26. The first-order chi connectivity index (χ1) is 7.97. The van der Waals surface area contributed by atoms with Gasteiger partial charge < -0.3 is 4.42 Å². The molecule has 6 heteroatoms. The van der Waals surface area contributed by atoms with Crippen molar-refractivity contribution in [2.24, 2.45) is 0 Å². The molecule has 0 unspecified atom stereocenters. The lowest BCUT2D eigenvalue weighted by Gasteiger charge is -2.18. The number of alkyl halides is 1. The van der Waals surface area contributed by atoms with E-state index in [0.717, 1.165) is 6.42 Å². The summed E-state index contributed by atoms with van der Waals surface area (Å²) in [5, 5.41) is 0. The van der Waals surface area contributed by atoms with Gasteiger partial charge >= 0.3 is 0 Å². The molecule has 0 aliphatic heterocycles. The largest absolute Gasteiger partial charge is 0.464 e. The number of nitrogens with zero attached hydrogens (tertiary/aromatic N) is 1. The molecule has 0 fully saturated rings. The molecule has 0 spiro atoms. The molecule has 1 heterocycles. The standard InChI is InChI=1S/C11H18ClNO3S/c1-4-6-13(5-2)17(14,15)11-7-10(8-12)16-9(11)3/h7H,4-6,8H2,1-3H3. The van der Waals surface area contributed by atoms with Gasteiger partial charge in [0.1, 0.15) is 16.4 Å². The fraction of sp³-hybridized carbons (Fsp3) is 0.636. The van der Waals surface area contributed by atoms with Gasteiger partial charge in [-0.2, -0.15) is 4.31 Å². The van der Waals surface area contributed by atoms with Crippen molar-refractivity contribution in [3.8, 4) is 0 Å². The number of aryl methyl sites for hydroxylation is 1. The minimum absolute atomic E-state index is 0.177. The first kappa shape index (κ1) is 14.5. The summed E-state index contributed by atoms with van der Waals surface area (Å²) in [6, 6.07) is 1.51. The van der Waals surface area contributed by atoms with Gasteiger partial charge in [-0.3, -0.25) is 0 Å². The van der Waals surface area contributed by atoms with Gasteiger partial charge in [0, 0.05) is 19.2 Å². The molecule has 0 amide bonds. The van der Waals surface area contributed by atoms with Crippen LogP contribution in [0.1, 0.15) is 31.8 Å². The van der Waals surface area contributed by atoms with Gasteiger partial charge in [-0.15, -0.1) is 11.6 Å². The van der Waals surface area contributed by atoms with E-state index in [1.165, 1.54) is 10.4 Å². The van der Waals surface area contributed by atoms with Crippen LogP contribution >= 0.6 is 11.6 Å². The summed E-state index contributed by atoms with van der Waals surface area (Å²) in [5.41, 5.74) is 0. The van der Waals surface area contributed by atoms with Crippen molar-refractivity contribution >= 4 is 21.6 Å². The van der Waals surface area contributed by atoms with Crippen LogP contribution in [0.4, 0.5) is 0 Å². The van der Waals surface area contributed by atoms with E-state index in [9.17, 15) is 8.42 Å². The molecular weight excluding hydrogens is 262 g/mol. The Labute approximate surface area is 108 Å². The molecule has 0 aliphatic carbocycles. The van der Waals surface area contributed by atoms with Gasteiger partial charge in [0.15, 0.2) is 0 Å². The second kappa shape index (κ2) is 5.89. The van der Waals surface area contributed by atoms with Crippen molar-refractivity contribution in [2.75, 3.05) is 13.1 Å². The zero-order chi connectivity index (χ0) is 13.1. The molecule has 1 aromatic heterocycles. The Bertz CT molecular complexity index is 467. The molecule has 4 nitrogen and oxygen atoms in total. The Hall–Kier alpha value is -0.520. The van der Waals surface area contributed by atoms with Crippen LogP contribution in [0.15, 0.2) is 15.4 Å². The van der Waals surface area contributed by atoms with E-state index in [2.05, 4.69) is 0 Å². The van der Waals surface area contributed by atoms with Gasteiger partial charge in [-0.1, -0.05) is 13.8 Å². The second-order valence-electron chi connectivity index (χ2n) is 3.76. The first-order valence-corrected chi connectivity index (χ1v) is 7.60. The molecule has 0 saturated heterocycles. The van der Waals surface area contributed by atoms with Gasteiger partial charge in [-0.25, -0.2) is 8.42 Å². The molecule has 0 radical (unpaired) electrons. The number of halogens is 1. The monoisotopic (exact) mass is 279 g/mol. The van der Waals surface area contributed by atoms with Crippen molar-refractivity contribution in [2.45, 2.75) is 38.0 Å². The Morgan fingerprint density at radius 1 is 1.41 bits per heavy atom. The lowest BCUT2D eigenvalue weighted by Crippen LogP contribution is -2.31. The van der Waals surface area contributed by atoms with Crippen LogP contribution in [0.2, 0.25) is 0 Å². The predicted molar refractivity (Wildman–Crippen MR) is 67.7 cm³/mol. The molecule has 1 aromatic rings. The predicted octanol–water partition coefficient (Wildman–Crippen LogP) is 2.75. The normalized spacial score (nSPS) is 12.3. The van der Waals surface area contributed by atoms with E-state index in [-0.39, 0.29) is 10.8 Å². The molecule has 98 valence electrons. The number of rotatable bonds is 6. The summed E-state index contributed by atoms with van der Waals surface area (Å²) >= 11 is 5.63. The molecular formula is C11H18ClNO3S. The van der Waals surface area contributed by atoms with Gasteiger partial charge in [0.2, 0.25) is 10.0 Å². The van der Waals surface area contributed by atoms with E-state index in [0.29, 0.717) is 24.6 Å². The van der Waals surface area contributed by atoms with E-state index < -0.39 is 10.0 Å². The lowest BCUT2D eigenvalue weighted by molar-refractivity contribution is 0.424. The van der Waals surface area contributed by atoms with E-state index in [4.69, 9.17) is 16.0 Å². The third-order valence-corrected chi connectivity index (χ3v) is 4.84. The Morgan fingerprint density at radius 2 is 2.06 bits per heavy atom. The molecule has 17 heavy (non-hydrogen) atoms. The molecule has 0 aromatic carbocycles. The van der Waals surface area contributed by atoms with Crippen molar-refractivity contribution < 1.29 is 12.8 Å². The summed E-state index contributed by atoms with van der Waals surface area (Å²) in [5.74, 6) is 1.06. The maximum absolute atomic E-state index is 12.3. The maximum Gasteiger partial charge on any atom is 0.246 e. The Kier molecular flexibility index (Phi) is 5.04. The molecule has 0 atom stereocenters. The molecule has 0 aliphatic rings. The number of furan rings is 1.